The van der Waals surface area contributed by atoms with Crippen LogP contribution in [0.15, 0.2) is 46.2 Å². The van der Waals surface area contributed by atoms with Gasteiger partial charge >= 0.3 is 0 Å². The number of aromatic hydroxyl groups is 4. The molecule has 0 atom stereocenters. The van der Waals surface area contributed by atoms with Crippen molar-refractivity contribution >= 4 is 21.6 Å². The van der Waals surface area contributed by atoms with Gasteiger partial charge in [0.2, 0.25) is 0 Å². The lowest BCUT2D eigenvalue weighted by atomic mass is 10.3. The molecule has 0 aromatic heterocycles. The summed E-state index contributed by atoms with van der Waals surface area (Å²) in [5, 5.41) is 38.4. The third kappa shape index (κ3) is 2.60. The maximum atomic E-state index is 9.59. The van der Waals surface area contributed by atoms with E-state index in [0.717, 1.165) is 21.6 Å². The summed E-state index contributed by atoms with van der Waals surface area (Å²) in [6.45, 7) is 0. The first-order valence-corrected chi connectivity index (χ1v) is 7.11. The summed E-state index contributed by atoms with van der Waals surface area (Å²) in [5.41, 5.74) is 0. The highest BCUT2D eigenvalue weighted by Crippen LogP contribution is 2.50. The molecule has 0 bridgehead atoms. The maximum Gasteiger partial charge on any atom is 0.133 e. The van der Waals surface area contributed by atoms with E-state index in [1.54, 1.807) is 0 Å². The van der Waals surface area contributed by atoms with Crippen molar-refractivity contribution in [3.05, 3.63) is 36.4 Å². The molecular weight excluding hydrogens is 272 g/mol. The minimum Gasteiger partial charge on any atom is -0.507 e. The summed E-state index contributed by atoms with van der Waals surface area (Å²) in [6, 6.07) is 8.86. The van der Waals surface area contributed by atoms with Crippen molar-refractivity contribution in [2.75, 3.05) is 0 Å². The molecule has 0 aliphatic heterocycles. The second-order valence-electron chi connectivity index (χ2n) is 3.42. The molecule has 0 saturated carbocycles. The van der Waals surface area contributed by atoms with Crippen LogP contribution in [0.2, 0.25) is 0 Å². The van der Waals surface area contributed by atoms with Gasteiger partial charge in [0, 0.05) is 0 Å². The van der Waals surface area contributed by atoms with E-state index in [1.807, 2.05) is 0 Å². The van der Waals surface area contributed by atoms with Crippen LogP contribution < -0.4 is 0 Å². The third-order valence-electron chi connectivity index (χ3n) is 2.16. The molecule has 0 unspecified atom stereocenters. The molecule has 0 spiro atoms. The van der Waals surface area contributed by atoms with Gasteiger partial charge in [-0.05, 0) is 45.9 Å². The molecule has 0 amide bonds. The lowest BCUT2D eigenvalue weighted by Gasteiger charge is -2.08. The van der Waals surface area contributed by atoms with E-state index in [4.69, 9.17) is 0 Å². The normalized spacial score (nSPS) is 10.4. The fraction of sp³-hybridized carbons (Fsp3) is 0. The third-order valence-corrected chi connectivity index (χ3v) is 4.66. The number of phenols is 4. The molecule has 2 aromatic carbocycles. The molecule has 0 radical (unpaired) electrons. The second-order valence-corrected chi connectivity index (χ2v) is 5.57. The van der Waals surface area contributed by atoms with Gasteiger partial charge in [-0.25, -0.2) is 0 Å². The fourth-order valence-electron chi connectivity index (χ4n) is 1.28. The van der Waals surface area contributed by atoms with Crippen molar-refractivity contribution in [1.29, 1.82) is 0 Å². The van der Waals surface area contributed by atoms with Gasteiger partial charge in [0.15, 0.2) is 0 Å². The van der Waals surface area contributed by atoms with E-state index in [1.165, 1.54) is 36.4 Å². The van der Waals surface area contributed by atoms with Gasteiger partial charge in [0.25, 0.3) is 0 Å². The number of benzene rings is 2. The molecule has 0 aliphatic carbocycles. The van der Waals surface area contributed by atoms with Crippen LogP contribution >= 0.6 is 21.6 Å². The average molecular weight is 282 g/mol. The number of hydrogen-bond donors (Lipinski definition) is 4. The van der Waals surface area contributed by atoms with Crippen LogP contribution in [0.1, 0.15) is 0 Å². The molecular formula is C12H10O4S2. The number of rotatable bonds is 3. The van der Waals surface area contributed by atoms with Crippen molar-refractivity contribution < 1.29 is 20.4 Å². The van der Waals surface area contributed by atoms with Crippen LogP contribution in [0, 0.1) is 0 Å². The first kappa shape index (κ1) is 12.8. The smallest absolute Gasteiger partial charge is 0.133 e. The Balaban J connectivity index is 2.22. The van der Waals surface area contributed by atoms with Crippen LogP contribution in [0.25, 0.3) is 0 Å². The molecule has 6 heteroatoms. The summed E-state index contributed by atoms with van der Waals surface area (Å²) in [6.07, 6.45) is 0. The van der Waals surface area contributed by atoms with Crippen molar-refractivity contribution in [2.45, 2.75) is 9.79 Å². The first-order chi connectivity index (χ1) is 8.59. The highest BCUT2D eigenvalue weighted by Gasteiger charge is 2.13. The quantitative estimate of drug-likeness (QED) is 0.647. The molecule has 0 fully saturated rings. The molecule has 0 heterocycles. The lowest BCUT2D eigenvalue weighted by molar-refractivity contribution is 0.426. The average Bonchev–Trinajstić information content (AvgIpc) is 2.31. The summed E-state index contributed by atoms with van der Waals surface area (Å²) < 4.78 is 0. The predicted molar refractivity (Wildman–Crippen MR) is 71.3 cm³/mol. The summed E-state index contributed by atoms with van der Waals surface area (Å²) in [7, 11) is 2.10. The second kappa shape index (κ2) is 5.32. The molecule has 0 saturated heterocycles. The summed E-state index contributed by atoms with van der Waals surface area (Å²) in [4.78, 5) is 0.565. The summed E-state index contributed by atoms with van der Waals surface area (Å²) >= 11 is 0. The van der Waals surface area contributed by atoms with Gasteiger partial charge in [0.1, 0.15) is 32.8 Å². The van der Waals surface area contributed by atoms with Crippen molar-refractivity contribution in [2.24, 2.45) is 0 Å². The van der Waals surface area contributed by atoms with Crippen molar-refractivity contribution in [3.8, 4) is 23.0 Å². The maximum absolute atomic E-state index is 9.59. The number of phenolic OH excluding ortho intramolecular Hbond substituents is 4. The number of hydrogen-bond acceptors (Lipinski definition) is 6. The molecule has 4 nitrogen and oxygen atoms in total. The zero-order chi connectivity index (χ0) is 13.1. The minimum atomic E-state index is -0.0533. The molecule has 18 heavy (non-hydrogen) atoms. The first-order valence-electron chi connectivity index (χ1n) is 4.96. The largest absolute Gasteiger partial charge is 0.507 e. The molecule has 4 N–H and O–H groups in total. The van der Waals surface area contributed by atoms with E-state index in [0.29, 0.717) is 0 Å². The van der Waals surface area contributed by atoms with Crippen LogP contribution in [-0.4, -0.2) is 20.4 Å². The summed E-state index contributed by atoms with van der Waals surface area (Å²) in [5.74, 6) is -0.213. The van der Waals surface area contributed by atoms with Gasteiger partial charge in [-0.1, -0.05) is 12.1 Å². The van der Waals surface area contributed by atoms with E-state index in [-0.39, 0.29) is 32.8 Å². The van der Waals surface area contributed by atoms with Crippen molar-refractivity contribution in [1.82, 2.24) is 0 Å². The van der Waals surface area contributed by atoms with Crippen LogP contribution in [0.5, 0.6) is 23.0 Å². The van der Waals surface area contributed by atoms with Gasteiger partial charge in [-0.15, -0.1) is 0 Å². The van der Waals surface area contributed by atoms with Crippen LogP contribution in [0.3, 0.4) is 0 Å². The molecule has 94 valence electrons. The zero-order valence-electron chi connectivity index (χ0n) is 9.07. The Morgan fingerprint density at radius 2 is 0.833 bits per heavy atom. The Labute approximate surface area is 111 Å². The van der Waals surface area contributed by atoms with Crippen LogP contribution in [0.4, 0.5) is 0 Å². The molecule has 0 aliphatic rings. The van der Waals surface area contributed by atoms with Crippen molar-refractivity contribution in [3.63, 3.8) is 0 Å². The standard InChI is InChI=1S/C12H10O4S2/c13-7-3-1-4-8(14)11(7)17-18-12-9(15)5-2-6-10(12)16/h1-6,13-16H. The Hall–Kier alpha value is -1.66. The van der Waals surface area contributed by atoms with Crippen LogP contribution in [-0.2, 0) is 0 Å². The SMILES string of the molecule is Oc1cccc(O)c1SSc1c(O)cccc1O. The van der Waals surface area contributed by atoms with E-state index < -0.39 is 0 Å². The van der Waals surface area contributed by atoms with E-state index >= 15 is 0 Å². The predicted octanol–water partition coefficient (Wildman–Crippen LogP) is 3.31. The van der Waals surface area contributed by atoms with Gasteiger partial charge in [-0.2, -0.15) is 0 Å². The van der Waals surface area contributed by atoms with E-state index in [9.17, 15) is 20.4 Å². The highest BCUT2D eigenvalue weighted by molar-refractivity contribution is 8.76. The Morgan fingerprint density at radius 3 is 1.11 bits per heavy atom. The van der Waals surface area contributed by atoms with Gasteiger partial charge in [-0.3, -0.25) is 0 Å². The Morgan fingerprint density at radius 1 is 0.556 bits per heavy atom. The van der Waals surface area contributed by atoms with E-state index in [2.05, 4.69) is 0 Å². The monoisotopic (exact) mass is 282 g/mol. The van der Waals surface area contributed by atoms with Gasteiger partial charge in [0.05, 0.1) is 0 Å². The minimum absolute atomic E-state index is 0.0533. The topological polar surface area (TPSA) is 80.9 Å². The fourth-order valence-corrected chi connectivity index (χ4v) is 3.59. The lowest BCUT2D eigenvalue weighted by Crippen LogP contribution is -1.76. The Bertz CT molecular complexity index is 480. The highest BCUT2D eigenvalue weighted by atomic mass is 33.1. The zero-order valence-corrected chi connectivity index (χ0v) is 10.7. The van der Waals surface area contributed by atoms with Gasteiger partial charge < -0.3 is 20.4 Å². The Kier molecular flexibility index (Phi) is 3.78. The molecule has 2 rings (SSSR count). The molecule has 2 aromatic rings.